The van der Waals surface area contributed by atoms with Crippen LogP contribution in [0.3, 0.4) is 0 Å². The number of halogens is 2. The van der Waals surface area contributed by atoms with Gasteiger partial charge in [0, 0.05) is 36.9 Å². The Balaban J connectivity index is 1.96. The molecule has 0 fully saturated rings. The molecule has 5 heteroatoms. The SMILES string of the molecule is CCc1nn(C)cc1CNCc1cc(F)cc(Cl)c1. The number of nitrogens with one attached hydrogen (secondary N) is 1. The van der Waals surface area contributed by atoms with Crippen LogP contribution in [0.1, 0.15) is 23.7 Å². The molecule has 0 radical (unpaired) electrons. The van der Waals surface area contributed by atoms with E-state index in [-0.39, 0.29) is 5.82 Å². The third-order valence-electron chi connectivity index (χ3n) is 2.89. The van der Waals surface area contributed by atoms with Crippen LogP contribution in [0.25, 0.3) is 0 Å². The topological polar surface area (TPSA) is 29.9 Å². The molecular formula is C14H17ClFN3. The van der Waals surface area contributed by atoms with Gasteiger partial charge in [0.1, 0.15) is 5.82 Å². The maximum atomic E-state index is 13.2. The van der Waals surface area contributed by atoms with E-state index in [0.717, 1.165) is 17.7 Å². The first kappa shape index (κ1) is 14.0. The van der Waals surface area contributed by atoms with Crippen LogP contribution in [0.4, 0.5) is 4.39 Å². The lowest BCUT2D eigenvalue weighted by atomic mass is 10.2. The zero-order valence-electron chi connectivity index (χ0n) is 11.1. The van der Waals surface area contributed by atoms with Crippen molar-refractivity contribution in [2.75, 3.05) is 0 Å². The third-order valence-corrected chi connectivity index (χ3v) is 3.11. The van der Waals surface area contributed by atoms with Crippen molar-refractivity contribution in [1.82, 2.24) is 15.1 Å². The van der Waals surface area contributed by atoms with Crippen LogP contribution in [0, 0.1) is 5.82 Å². The molecule has 1 heterocycles. The van der Waals surface area contributed by atoms with E-state index in [4.69, 9.17) is 11.6 Å². The first-order valence-electron chi connectivity index (χ1n) is 6.25. The van der Waals surface area contributed by atoms with Gasteiger partial charge in [-0.15, -0.1) is 0 Å². The third kappa shape index (κ3) is 3.78. The van der Waals surface area contributed by atoms with Gasteiger partial charge in [-0.05, 0) is 30.2 Å². The van der Waals surface area contributed by atoms with Crippen molar-refractivity contribution in [2.24, 2.45) is 7.05 Å². The fourth-order valence-corrected chi connectivity index (χ4v) is 2.33. The Bertz CT molecular complexity index is 546. The number of nitrogens with zero attached hydrogens (tertiary/aromatic N) is 2. The molecule has 0 atom stereocenters. The van der Waals surface area contributed by atoms with Crippen molar-refractivity contribution in [3.05, 3.63) is 52.1 Å². The van der Waals surface area contributed by atoms with Crippen LogP contribution in [0.5, 0.6) is 0 Å². The van der Waals surface area contributed by atoms with E-state index in [1.54, 1.807) is 6.07 Å². The van der Waals surface area contributed by atoms with Gasteiger partial charge in [0.2, 0.25) is 0 Å². The zero-order valence-corrected chi connectivity index (χ0v) is 11.8. The molecule has 0 unspecified atom stereocenters. The van der Waals surface area contributed by atoms with Crippen LogP contribution in [0.2, 0.25) is 5.02 Å². The number of benzene rings is 1. The van der Waals surface area contributed by atoms with Crippen molar-refractivity contribution in [1.29, 1.82) is 0 Å². The zero-order chi connectivity index (χ0) is 13.8. The minimum atomic E-state index is -0.306. The Morgan fingerprint density at radius 3 is 2.79 bits per heavy atom. The molecule has 0 saturated carbocycles. The van der Waals surface area contributed by atoms with Gasteiger partial charge in [-0.2, -0.15) is 5.10 Å². The van der Waals surface area contributed by atoms with Crippen LogP contribution >= 0.6 is 11.6 Å². The van der Waals surface area contributed by atoms with Crippen LogP contribution in [-0.4, -0.2) is 9.78 Å². The highest BCUT2D eigenvalue weighted by Gasteiger charge is 2.05. The number of rotatable bonds is 5. The lowest BCUT2D eigenvalue weighted by Gasteiger charge is -2.05. The lowest BCUT2D eigenvalue weighted by molar-refractivity contribution is 0.620. The van der Waals surface area contributed by atoms with E-state index in [0.29, 0.717) is 18.1 Å². The Hall–Kier alpha value is -1.39. The van der Waals surface area contributed by atoms with E-state index in [9.17, 15) is 4.39 Å². The van der Waals surface area contributed by atoms with Crippen molar-refractivity contribution >= 4 is 11.6 Å². The minimum absolute atomic E-state index is 0.306. The number of aromatic nitrogens is 2. The van der Waals surface area contributed by atoms with Crippen molar-refractivity contribution < 1.29 is 4.39 Å². The van der Waals surface area contributed by atoms with E-state index < -0.39 is 0 Å². The van der Waals surface area contributed by atoms with Gasteiger partial charge in [-0.3, -0.25) is 4.68 Å². The summed E-state index contributed by atoms with van der Waals surface area (Å²) in [7, 11) is 1.91. The molecule has 3 nitrogen and oxygen atoms in total. The van der Waals surface area contributed by atoms with Crippen molar-refractivity contribution in [2.45, 2.75) is 26.4 Å². The molecule has 0 aliphatic rings. The summed E-state index contributed by atoms with van der Waals surface area (Å²) in [5, 5.41) is 8.08. The second-order valence-corrected chi connectivity index (χ2v) is 4.95. The van der Waals surface area contributed by atoms with E-state index in [1.165, 1.54) is 17.7 Å². The van der Waals surface area contributed by atoms with Gasteiger partial charge in [0.05, 0.1) is 5.69 Å². The smallest absolute Gasteiger partial charge is 0.125 e. The van der Waals surface area contributed by atoms with E-state index in [1.807, 2.05) is 17.9 Å². The molecule has 2 rings (SSSR count). The summed E-state index contributed by atoms with van der Waals surface area (Å²) >= 11 is 5.82. The van der Waals surface area contributed by atoms with Gasteiger partial charge in [-0.1, -0.05) is 18.5 Å². The molecule has 102 valence electrons. The monoisotopic (exact) mass is 281 g/mol. The summed E-state index contributed by atoms with van der Waals surface area (Å²) in [6.07, 6.45) is 2.91. The lowest BCUT2D eigenvalue weighted by Crippen LogP contribution is -2.13. The molecular weight excluding hydrogens is 265 g/mol. The first-order chi connectivity index (χ1) is 9.08. The molecule has 0 saturated heterocycles. The molecule has 1 aromatic heterocycles. The fraction of sp³-hybridized carbons (Fsp3) is 0.357. The standard InChI is InChI=1S/C14H17ClFN3/c1-3-14-11(9-19(2)18-14)8-17-7-10-4-12(15)6-13(16)5-10/h4-6,9,17H,3,7-8H2,1-2H3. The van der Waals surface area contributed by atoms with Gasteiger partial charge in [0.25, 0.3) is 0 Å². The molecule has 2 aromatic rings. The molecule has 0 bridgehead atoms. The molecule has 0 spiro atoms. The Morgan fingerprint density at radius 2 is 2.11 bits per heavy atom. The second-order valence-electron chi connectivity index (χ2n) is 4.51. The first-order valence-corrected chi connectivity index (χ1v) is 6.63. The van der Waals surface area contributed by atoms with Crippen LogP contribution in [0.15, 0.2) is 24.4 Å². The summed E-state index contributed by atoms with van der Waals surface area (Å²) < 4.78 is 15.0. The Labute approximate surface area is 117 Å². The summed E-state index contributed by atoms with van der Waals surface area (Å²) in [6.45, 7) is 3.37. The maximum absolute atomic E-state index is 13.2. The molecule has 0 aliphatic heterocycles. The highest BCUT2D eigenvalue weighted by Crippen LogP contribution is 2.14. The predicted molar refractivity (Wildman–Crippen MR) is 74.5 cm³/mol. The largest absolute Gasteiger partial charge is 0.308 e. The molecule has 0 aliphatic carbocycles. The summed E-state index contributed by atoms with van der Waals surface area (Å²) in [5.41, 5.74) is 3.10. The summed E-state index contributed by atoms with van der Waals surface area (Å²) in [4.78, 5) is 0. The number of hydrogen-bond acceptors (Lipinski definition) is 2. The fourth-order valence-electron chi connectivity index (χ4n) is 2.08. The number of hydrogen-bond donors (Lipinski definition) is 1. The molecule has 19 heavy (non-hydrogen) atoms. The van der Waals surface area contributed by atoms with Gasteiger partial charge < -0.3 is 5.32 Å². The van der Waals surface area contributed by atoms with E-state index in [2.05, 4.69) is 17.3 Å². The Morgan fingerprint density at radius 1 is 1.32 bits per heavy atom. The summed E-state index contributed by atoms with van der Waals surface area (Å²) in [6, 6.07) is 4.56. The van der Waals surface area contributed by atoms with Crippen LogP contribution < -0.4 is 5.32 Å². The molecule has 1 aromatic carbocycles. The average molecular weight is 282 g/mol. The minimum Gasteiger partial charge on any atom is -0.308 e. The predicted octanol–water partition coefficient (Wildman–Crippen LogP) is 3.06. The van der Waals surface area contributed by atoms with Crippen molar-refractivity contribution in [3.63, 3.8) is 0 Å². The quantitative estimate of drug-likeness (QED) is 0.913. The maximum Gasteiger partial charge on any atom is 0.125 e. The van der Waals surface area contributed by atoms with E-state index >= 15 is 0 Å². The molecule has 0 amide bonds. The number of aryl methyl sites for hydroxylation is 2. The van der Waals surface area contributed by atoms with Crippen molar-refractivity contribution in [3.8, 4) is 0 Å². The highest BCUT2D eigenvalue weighted by atomic mass is 35.5. The van der Waals surface area contributed by atoms with Gasteiger partial charge >= 0.3 is 0 Å². The summed E-state index contributed by atoms with van der Waals surface area (Å²) in [5.74, 6) is -0.306. The molecule has 1 N–H and O–H groups in total. The highest BCUT2D eigenvalue weighted by molar-refractivity contribution is 6.30. The van der Waals surface area contributed by atoms with Gasteiger partial charge in [0.15, 0.2) is 0 Å². The van der Waals surface area contributed by atoms with Crippen LogP contribution in [-0.2, 0) is 26.6 Å². The Kier molecular flexibility index (Phi) is 4.56. The van der Waals surface area contributed by atoms with Gasteiger partial charge in [-0.25, -0.2) is 4.39 Å². The second kappa shape index (κ2) is 6.17. The normalized spacial score (nSPS) is 10.9. The average Bonchev–Trinajstić information content (AvgIpc) is 2.68.